The molecule has 1 N–H and O–H groups in total. The van der Waals surface area contributed by atoms with Crippen LogP contribution in [0.5, 0.6) is 0 Å². The summed E-state index contributed by atoms with van der Waals surface area (Å²) in [6.45, 7) is 4.27. The largest absolute Gasteiger partial charge is 0.379 e. The minimum absolute atomic E-state index is 0.311. The van der Waals surface area contributed by atoms with E-state index in [4.69, 9.17) is 0 Å². The van der Waals surface area contributed by atoms with Crippen molar-refractivity contribution in [1.82, 2.24) is 0 Å². The first-order chi connectivity index (χ1) is 8.15. The Kier molecular flexibility index (Phi) is 3.85. The summed E-state index contributed by atoms with van der Waals surface area (Å²) in [6.07, 6.45) is 0. The Balaban J connectivity index is 2.08. The van der Waals surface area contributed by atoms with Crippen molar-refractivity contribution in [3.05, 3.63) is 64.1 Å². The lowest BCUT2D eigenvalue weighted by Crippen LogP contribution is -2.06. The Bertz CT molecular complexity index is 473. The Morgan fingerprint density at radius 3 is 2.12 bits per heavy atom. The maximum Gasteiger partial charge on any atom is 0.0485 e. The van der Waals surface area contributed by atoms with Crippen LogP contribution in [0.25, 0.3) is 0 Å². The van der Waals surface area contributed by atoms with Gasteiger partial charge >= 0.3 is 0 Å². The Labute approximate surface area is 111 Å². The molecule has 0 fully saturated rings. The van der Waals surface area contributed by atoms with E-state index in [0.717, 1.165) is 10.2 Å². The zero-order valence-electron chi connectivity index (χ0n) is 10.1. The molecule has 0 heterocycles. The highest BCUT2D eigenvalue weighted by molar-refractivity contribution is 9.10. The molecule has 2 heteroatoms. The van der Waals surface area contributed by atoms with Crippen molar-refractivity contribution in [3.8, 4) is 0 Å². The quantitative estimate of drug-likeness (QED) is 0.845. The zero-order valence-corrected chi connectivity index (χ0v) is 11.7. The Morgan fingerprint density at radius 2 is 1.53 bits per heavy atom. The summed E-state index contributed by atoms with van der Waals surface area (Å²) in [4.78, 5) is 0. The van der Waals surface area contributed by atoms with Gasteiger partial charge < -0.3 is 5.32 Å². The molecule has 88 valence electrons. The molecule has 17 heavy (non-hydrogen) atoms. The molecule has 2 rings (SSSR count). The van der Waals surface area contributed by atoms with Gasteiger partial charge in [-0.3, -0.25) is 0 Å². The summed E-state index contributed by atoms with van der Waals surface area (Å²) in [7, 11) is 0. The van der Waals surface area contributed by atoms with E-state index in [2.05, 4.69) is 83.6 Å². The predicted octanol–water partition coefficient (Wildman–Crippen LogP) is 4.93. The van der Waals surface area contributed by atoms with Crippen molar-refractivity contribution < 1.29 is 0 Å². The van der Waals surface area contributed by atoms with E-state index in [1.807, 2.05) is 0 Å². The Hall–Kier alpha value is -1.28. The molecule has 0 amide bonds. The highest BCUT2D eigenvalue weighted by atomic mass is 79.9. The van der Waals surface area contributed by atoms with Crippen LogP contribution in [0.3, 0.4) is 0 Å². The standard InChI is InChI=1S/C15H16BrN/c1-11-3-9-15(10-4-11)17-12(2)13-5-7-14(16)8-6-13/h3-10,12,17H,1-2H3. The SMILES string of the molecule is Cc1ccc(NC(C)c2ccc(Br)cc2)cc1. The normalized spacial score (nSPS) is 12.2. The van der Waals surface area contributed by atoms with Crippen LogP contribution in [0.4, 0.5) is 5.69 Å². The second kappa shape index (κ2) is 5.37. The van der Waals surface area contributed by atoms with Gasteiger partial charge in [0.2, 0.25) is 0 Å². The first-order valence-electron chi connectivity index (χ1n) is 5.74. The molecule has 0 aromatic heterocycles. The number of rotatable bonds is 3. The van der Waals surface area contributed by atoms with Crippen LogP contribution in [0.1, 0.15) is 24.1 Å². The molecule has 0 aliphatic rings. The van der Waals surface area contributed by atoms with Crippen molar-refractivity contribution >= 4 is 21.6 Å². The molecular weight excluding hydrogens is 274 g/mol. The summed E-state index contributed by atoms with van der Waals surface area (Å²) in [5.74, 6) is 0. The minimum atomic E-state index is 0.311. The fraction of sp³-hybridized carbons (Fsp3) is 0.200. The van der Waals surface area contributed by atoms with Crippen LogP contribution in [0.15, 0.2) is 53.0 Å². The lowest BCUT2D eigenvalue weighted by atomic mass is 10.1. The average Bonchev–Trinajstić information content (AvgIpc) is 2.33. The van der Waals surface area contributed by atoms with E-state index in [1.165, 1.54) is 11.1 Å². The molecule has 0 saturated heterocycles. The first-order valence-corrected chi connectivity index (χ1v) is 6.53. The second-order valence-electron chi connectivity index (χ2n) is 4.28. The topological polar surface area (TPSA) is 12.0 Å². The molecule has 0 saturated carbocycles. The van der Waals surface area contributed by atoms with Crippen molar-refractivity contribution in [2.24, 2.45) is 0 Å². The molecule has 2 aromatic rings. The third-order valence-electron chi connectivity index (χ3n) is 2.80. The third kappa shape index (κ3) is 3.34. The number of aryl methyl sites for hydroxylation is 1. The van der Waals surface area contributed by atoms with Crippen LogP contribution >= 0.6 is 15.9 Å². The monoisotopic (exact) mass is 289 g/mol. The highest BCUT2D eigenvalue weighted by Crippen LogP contribution is 2.21. The summed E-state index contributed by atoms with van der Waals surface area (Å²) >= 11 is 3.45. The fourth-order valence-corrected chi connectivity index (χ4v) is 2.00. The smallest absolute Gasteiger partial charge is 0.0485 e. The van der Waals surface area contributed by atoms with Crippen LogP contribution in [-0.4, -0.2) is 0 Å². The van der Waals surface area contributed by atoms with Crippen LogP contribution in [0.2, 0.25) is 0 Å². The van der Waals surface area contributed by atoms with E-state index < -0.39 is 0 Å². The van der Waals surface area contributed by atoms with Crippen LogP contribution in [0, 0.1) is 6.92 Å². The predicted molar refractivity (Wildman–Crippen MR) is 77.4 cm³/mol. The van der Waals surface area contributed by atoms with E-state index >= 15 is 0 Å². The lowest BCUT2D eigenvalue weighted by Gasteiger charge is -2.16. The summed E-state index contributed by atoms with van der Waals surface area (Å²) in [6, 6.07) is 17.2. The number of nitrogens with one attached hydrogen (secondary N) is 1. The molecule has 1 unspecified atom stereocenters. The van der Waals surface area contributed by atoms with Gasteiger partial charge in [0.25, 0.3) is 0 Å². The van der Waals surface area contributed by atoms with Crippen molar-refractivity contribution in [3.63, 3.8) is 0 Å². The van der Waals surface area contributed by atoms with Crippen molar-refractivity contribution in [2.75, 3.05) is 5.32 Å². The van der Waals surface area contributed by atoms with Crippen molar-refractivity contribution in [1.29, 1.82) is 0 Å². The zero-order chi connectivity index (χ0) is 12.3. The third-order valence-corrected chi connectivity index (χ3v) is 3.33. The number of benzene rings is 2. The van der Waals surface area contributed by atoms with Gasteiger partial charge in [0.15, 0.2) is 0 Å². The molecule has 0 aliphatic carbocycles. The van der Waals surface area contributed by atoms with Gasteiger partial charge in [-0.25, -0.2) is 0 Å². The van der Waals surface area contributed by atoms with Gasteiger partial charge in [0, 0.05) is 16.2 Å². The van der Waals surface area contributed by atoms with Gasteiger partial charge in [0.05, 0.1) is 0 Å². The first kappa shape index (κ1) is 12.2. The fourth-order valence-electron chi connectivity index (χ4n) is 1.73. The van der Waals surface area contributed by atoms with E-state index in [9.17, 15) is 0 Å². The number of halogens is 1. The number of anilines is 1. The van der Waals surface area contributed by atoms with Crippen LogP contribution < -0.4 is 5.32 Å². The van der Waals surface area contributed by atoms with Gasteiger partial charge in [-0.2, -0.15) is 0 Å². The average molecular weight is 290 g/mol. The molecule has 1 atom stereocenters. The molecule has 2 aromatic carbocycles. The molecule has 0 bridgehead atoms. The lowest BCUT2D eigenvalue weighted by molar-refractivity contribution is 0.884. The van der Waals surface area contributed by atoms with Gasteiger partial charge in [-0.1, -0.05) is 45.8 Å². The number of hydrogen-bond acceptors (Lipinski definition) is 1. The minimum Gasteiger partial charge on any atom is -0.379 e. The van der Waals surface area contributed by atoms with Crippen molar-refractivity contribution in [2.45, 2.75) is 19.9 Å². The molecule has 0 radical (unpaired) electrons. The van der Waals surface area contributed by atoms with E-state index in [0.29, 0.717) is 6.04 Å². The molecule has 0 spiro atoms. The van der Waals surface area contributed by atoms with E-state index in [-0.39, 0.29) is 0 Å². The van der Waals surface area contributed by atoms with Gasteiger partial charge in [-0.15, -0.1) is 0 Å². The van der Waals surface area contributed by atoms with Crippen LogP contribution in [-0.2, 0) is 0 Å². The van der Waals surface area contributed by atoms with Gasteiger partial charge in [-0.05, 0) is 43.7 Å². The molecule has 1 nitrogen and oxygen atoms in total. The van der Waals surface area contributed by atoms with E-state index in [1.54, 1.807) is 0 Å². The Morgan fingerprint density at radius 1 is 0.941 bits per heavy atom. The summed E-state index contributed by atoms with van der Waals surface area (Å²) in [5, 5.41) is 3.49. The maximum absolute atomic E-state index is 3.49. The second-order valence-corrected chi connectivity index (χ2v) is 5.20. The summed E-state index contributed by atoms with van der Waals surface area (Å²) < 4.78 is 1.11. The number of hydrogen-bond donors (Lipinski definition) is 1. The molecule has 0 aliphatic heterocycles. The maximum atomic E-state index is 3.49. The molecular formula is C15H16BrN. The van der Waals surface area contributed by atoms with Gasteiger partial charge in [0.1, 0.15) is 0 Å². The summed E-state index contributed by atoms with van der Waals surface area (Å²) in [5.41, 5.74) is 3.73. The highest BCUT2D eigenvalue weighted by Gasteiger charge is 2.04.